The van der Waals surface area contributed by atoms with Crippen molar-refractivity contribution in [2.45, 2.75) is 19.9 Å². The zero-order chi connectivity index (χ0) is 19.1. The highest BCUT2D eigenvalue weighted by Crippen LogP contribution is 2.30. The van der Waals surface area contributed by atoms with Gasteiger partial charge in [0, 0.05) is 6.07 Å². The Bertz CT molecular complexity index is 766. The number of anilines is 1. The third-order valence-corrected chi connectivity index (χ3v) is 3.63. The molecule has 0 spiro atoms. The van der Waals surface area contributed by atoms with Crippen LogP contribution in [-0.4, -0.2) is 24.4 Å². The van der Waals surface area contributed by atoms with Gasteiger partial charge in [-0.1, -0.05) is 32.0 Å². The van der Waals surface area contributed by atoms with Crippen molar-refractivity contribution in [2.75, 3.05) is 11.9 Å². The molecule has 0 aliphatic rings. The van der Waals surface area contributed by atoms with E-state index in [1.165, 1.54) is 12.1 Å². The quantitative estimate of drug-likeness (QED) is 0.708. The third-order valence-electron chi connectivity index (χ3n) is 3.63. The van der Waals surface area contributed by atoms with Gasteiger partial charge in [0.05, 0.1) is 18.3 Å². The number of ether oxygens (including phenoxy) is 1. The number of benzene rings is 2. The lowest BCUT2D eigenvalue weighted by Gasteiger charge is -2.16. The fraction of sp³-hybridized carbons (Fsp3) is 0.263. The number of amides is 2. The summed E-state index contributed by atoms with van der Waals surface area (Å²) < 4.78 is 19.2. The minimum absolute atomic E-state index is 0.0489. The lowest BCUT2D eigenvalue weighted by Crippen LogP contribution is -2.46. The highest BCUT2D eigenvalue weighted by molar-refractivity contribution is 5.96. The molecule has 0 radical (unpaired) electrons. The fourth-order valence-corrected chi connectivity index (χ4v) is 2.09. The summed E-state index contributed by atoms with van der Waals surface area (Å²) in [5.41, 5.74) is 5.88. The molecule has 1 atom stereocenters. The maximum atomic E-state index is 13.6. The van der Waals surface area contributed by atoms with Crippen LogP contribution in [0.3, 0.4) is 0 Å². The van der Waals surface area contributed by atoms with E-state index < -0.39 is 23.7 Å². The normalized spacial score (nSPS) is 11.7. The average Bonchev–Trinajstić information content (AvgIpc) is 2.62. The van der Waals surface area contributed by atoms with Crippen LogP contribution in [0.15, 0.2) is 48.5 Å². The van der Waals surface area contributed by atoms with E-state index in [0.29, 0.717) is 5.75 Å². The molecule has 138 valence electrons. The molecule has 4 N–H and O–H groups in total. The van der Waals surface area contributed by atoms with Gasteiger partial charge in [-0.3, -0.25) is 9.59 Å². The summed E-state index contributed by atoms with van der Waals surface area (Å²) in [6, 6.07) is 12.0. The molecule has 0 heterocycles. The van der Waals surface area contributed by atoms with Crippen molar-refractivity contribution < 1.29 is 18.7 Å². The molecule has 2 aromatic rings. The molecule has 0 bridgehead atoms. The minimum Gasteiger partial charge on any atom is -0.455 e. The molecule has 0 unspecified atom stereocenters. The number of rotatable bonds is 7. The van der Waals surface area contributed by atoms with Gasteiger partial charge in [0.1, 0.15) is 11.6 Å². The van der Waals surface area contributed by atoms with Crippen LogP contribution in [0.2, 0.25) is 0 Å². The topological polar surface area (TPSA) is 93.5 Å². The maximum absolute atomic E-state index is 13.6. The van der Waals surface area contributed by atoms with Crippen molar-refractivity contribution in [3.05, 3.63) is 54.3 Å². The van der Waals surface area contributed by atoms with Crippen LogP contribution in [-0.2, 0) is 9.59 Å². The molecule has 2 amide bonds. The second-order valence-electron chi connectivity index (χ2n) is 6.09. The monoisotopic (exact) mass is 359 g/mol. The molecule has 2 rings (SSSR count). The lowest BCUT2D eigenvalue weighted by molar-refractivity contribution is -0.125. The van der Waals surface area contributed by atoms with Gasteiger partial charge in [0.15, 0.2) is 5.75 Å². The Balaban J connectivity index is 2.02. The van der Waals surface area contributed by atoms with Crippen LogP contribution < -0.4 is 21.1 Å². The molecule has 6 nitrogen and oxygen atoms in total. The summed E-state index contributed by atoms with van der Waals surface area (Å²) in [6.07, 6.45) is 0. The molecule has 0 aromatic heterocycles. The van der Waals surface area contributed by atoms with Gasteiger partial charge >= 0.3 is 0 Å². The number of para-hydroxylation sites is 1. The Morgan fingerprint density at radius 2 is 1.85 bits per heavy atom. The SMILES string of the molecule is CC(C)[C@H](N)C(=O)NCC(=O)Nc1cc(F)ccc1Oc1ccccc1. The van der Waals surface area contributed by atoms with Crippen LogP contribution in [0.25, 0.3) is 0 Å². The number of hydrogen-bond donors (Lipinski definition) is 3. The van der Waals surface area contributed by atoms with Crippen molar-refractivity contribution in [1.29, 1.82) is 0 Å². The van der Waals surface area contributed by atoms with Gasteiger partial charge in [0.2, 0.25) is 11.8 Å². The number of nitrogens with two attached hydrogens (primary N) is 1. The van der Waals surface area contributed by atoms with Gasteiger partial charge in [-0.25, -0.2) is 4.39 Å². The van der Waals surface area contributed by atoms with Crippen molar-refractivity contribution in [3.63, 3.8) is 0 Å². The maximum Gasteiger partial charge on any atom is 0.243 e. The first-order valence-corrected chi connectivity index (χ1v) is 8.22. The zero-order valence-corrected chi connectivity index (χ0v) is 14.7. The van der Waals surface area contributed by atoms with Gasteiger partial charge in [-0.15, -0.1) is 0 Å². The van der Waals surface area contributed by atoms with Gasteiger partial charge in [-0.2, -0.15) is 0 Å². The first-order valence-electron chi connectivity index (χ1n) is 8.22. The second-order valence-corrected chi connectivity index (χ2v) is 6.09. The van der Waals surface area contributed by atoms with E-state index in [-0.39, 0.29) is 23.9 Å². The lowest BCUT2D eigenvalue weighted by atomic mass is 10.1. The van der Waals surface area contributed by atoms with Gasteiger partial charge in [-0.05, 0) is 30.2 Å². The largest absolute Gasteiger partial charge is 0.455 e. The molecule has 7 heteroatoms. The number of hydrogen-bond acceptors (Lipinski definition) is 4. The Kier molecular flexibility index (Phi) is 6.68. The first-order chi connectivity index (χ1) is 12.4. The second kappa shape index (κ2) is 8.96. The molecule has 26 heavy (non-hydrogen) atoms. The molecule has 2 aromatic carbocycles. The van der Waals surface area contributed by atoms with E-state index in [1.807, 2.05) is 19.9 Å². The highest BCUT2D eigenvalue weighted by Gasteiger charge is 2.18. The molecular formula is C19H22FN3O3. The van der Waals surface area contributed by atoms with Gasteiger partial charge in [0.25, 0.3) is 0 Å². The molecule has 0 aliphatic carbocycles. The van der Waals surface area contributed by atoms with Crippen LogP contribution in [0.5, 0.6) is 11.5 Å². The van der Waals surface area contributed by atoms with Crippen molar-refractivity contribution in [1.82, 2.24) is 5.32 Å². The Morgan fingerprint density at radius 1 is 1.15 bits per heavy atom. The van der Waals surface area contributed by atoms with Gasteiger partial charge < -0.3 is 21.1 Å². The summed E-state index contributed by atoms with van der Waals surface area (Å²) >= 11 is 0. The van der Waals surface area contributed by atoms with E-state index in [0.717, 1.165) is 6.07 Å². The number of carbonyl (C=O) groups is 2. The summed E-state index contributed by atoms with van der Waals surface area (Å²) in [4.78, 5) is 23.9. The molecule has 0 saturated heterocycles. The average molecular weight is 359 g/mol. The summed E-state index contributed by atoms with van der Waals surface area (Å²) in [6.45, 7) is 3.34. The van der Waals surface area contributed by atoms with Crippen LogP contribution in [0.1, 0.15) is 13.8 Å². The summed E-state index contributed by atoms with van der Waals surface area (Å²) in [5.74, 6) is -0.673. The Labute approximate surface area is 151 Å². The third kappa shape index (κ3) is 5.56. The van der Waals surface area contributed by atoms with E-state index >= 15 is 0 Å². The molecular weight excluding hydrogens is 337 g/mol. The van der Waals surface area contributed by atoms with Crippen molar-refractivity contribution in [2.24, 2.45) is 11.7 Å². The standard InChI is InChI=1S/C19H22FN3O3/c1-12(2)18(21)19(25)22-11-17(24)23-15-10-13(20)8-9-16(15)26-14-6-4-3-5-7-14/h3-10,12,18H,11,21H2,1-2H3,(H,22,25)(H,23,24)/t18-/m0/s1. The fourth-order valence-electron chi connectivity index (χ4n) is 2.09. The zero-order valence-electron chi connectivity index (χ0n) is 14.7. The Morgan fingerprint density at radius 3 is 2.50 bits per heavy atom. The molecule has 0 aliphatic heterocycles. The van der Waals surface area contributed by atoms with Crippen LogP contribution in [0.4, 0.5) is 10.1 Å². The van der Waals surface area contributed by atoms with Crippen molar-refractivity contribution in [3.8, 4) is 11.5 Å². The summed E-state index contributed by atoms with van der Waals surface area (Å²) in [7, 11) is 0. The number of nitrogens with one attached hydrogen (secondary N) is 2. The smallest absolute Gasteiger partial charge is 0.243 e. The van der Waals surface area contributed by atoms with Crippen LogP contribution >= 0.6 is 0 Å². The first kappa shape index (κ1) is 19.4. The predicted molar refractivity (Wildman–Crippen MR) is 97.4 cm³/mol. The number of halogens is 1. The van der Waals surface area contributed by atoms with Crippen molar-refractivity contribution >= 4 is 17.5 Å². The Hall–Kier alpha value is -2.93. The van der Waals surface area contributed by atoms with Crippen LogP contribution in [0, 0.1) is 11.7 Å². The van der Waals surface area contributed by atoms with E-state index in [2.05, 4.69) is 10.6 Å². The van der Waals surface area contributed by atoms with E-state index in [4.69, 9.17) is 10.5 Å². The predicted octanol–water partition coefficient (Wildman–Crippen LogP) is 2.66. The van der Waals surface area contributed by atoms with E-state index in [9.17, 15) is 14.0 Å². The van der Waals surface area contributed by atoms with E-state index in [1.54, 1.807) is 24.3 Å². The molecule has 0 fully saturated rings. The highest BCUT2D eigenvalue weighted by atomic mass is 19.1. The minimum atomic E-state index is -0.700. The number of carbonyl (C=O) groups excluding carboxylic acids is 2. The molecule has 0 saturated carbocycles. The summed E-state index contributed by atoms with van der Waals surface area (Å²) in [5, 5.41) is 4.99.